The Balaban J connectivity index is 0.000000221. The van der Waals surface area contributed by atoms with Gasteiger partial charge < -0.3 is 20.6 Å². The Morgan fingerprint density at radius 2 is 1.69 bits per heavy atom. The smallest absolute Gasteiger partial charge is 0.224 e. The molecule has 0 saturated carbocycles. The van der Waals surface area contributed by atoms with Gasteiger partial charge in [0.15, 0.2) is 11.3 Å². The number of hydrogen-bond acceptors (Lipinski definition) is 10. The summed E-state index contributed by atoms with van der Waals surface area (Å²) in [4.78, 5) is 7.47. The summed E-state index contributed by atoms with van der Waals surface area (Å²) in [6.45, 7) is 0. The number of rotatable bonds is 0. The summed E-state index contributed by atoms with van der Waals surface area (Å²) < 4.78 is 34.1. The van der Waals surface area contributed by atoms with E-state index in [1.165, 1.54) is 0 Å². The largest absolute Gasteiger partial charge is 0.759 e. The molecule has 0 aliphatic rings. The van der Waals surface area contributed by atoms with E-state index in [0.717, 1.165) is 0 Å². The van der Waals surface area contributed by atoms with Gasteiger partial charge in [-0.05, 0) is 0 Å². The number of aromatic nitrogens is 5. The quantitative estimate of drug-likeness (QED) is 0.332. The Labute approximate surface area is 88.5 Å². The van der Waals surface area contributed by atoms with Crippen molar-refractivity contribution in [2.75, 3.05) is 11.5 Å². The summed E-state index contributed by atoms with van der Waals surface area (Å²) in [6.07, 6.45) is 0. The second kappa shape index (κ2) is 4.21. The lowest BCUT2D eigenvalue weighted by Gasteiger charge is -2.06. The van der Waals surface area contributed by atoms with Gasteiger partial charge >= 0.3 is 0 Å². The van der Waals surface area contributed by atoms with Crippen LogP contribution < -0.4 is 11.5 Å². The van der Waals surface area contributed by atoms with Crippen molar-refractivity contribution in [3.8, 4) is 0 Å². The van der Waals surface area contributed by atoms with E-state index < -0.39 is 10.4 Å². The number of nitrogens with zero attached hydrogens (tertiary/aromatic N) is 4. The number of nitrogens with two attached hydrogens (primary N) is 2. The molecule has 0 spiro atoms. The molecule has 0 aliphatic heterocycles. The summed E-state index contributed by atoms with van der Waals surface area (Å²) in [7, 11) is -5.17. The Hall–Kier alpha value is -2.05. The predicted molar refractivity (Wildman–Crippen MR) is 48.8 cm³/mol. The molecule has 0 unspecified atom stereocenters. The van der Waals surface area contributed by atoms with Gasteiger partial charge in [0.2, 0.25) is 11.6 Å². The van der Waals surface area contributed by atoms with Crippen molar-refractivity contribution in [2.45, 2.75) is 0 Å². The van der Waals surface area contributed by atoms with Crippen LogP contribution in [0.3, 0.4) is 0 Å². The third-order valence-electron chi connectivity index (χ3n) is 1.23. The molecule has 0 bridgehead atoms. The highest BCUT2D eigenvalue weighted by atomic mass is 32.3. The van der Waals surface area contributed by atoms with E-state index >= 15 is 0 Å². The third kappa shape index (κ3) is 3.60. The molecule has 0 aliphatic carbocycles. The van der Waals surface area contributed by atoms with Crippen LogP contribution in [0.4, 0.5) is 11.8 Å². The van der Waals surface area contributed by atoms with Crippen molar-refractivity contribution in [1.82, 2.24) is 25.4 Å². The van der Waals surface area contributed by atoms with Crippen molar-refractivity contribution in [3.63, 3.8) is 0 Å². The zero-order valence-electron chi connectivity index (χ0n) is 7.48. The first kappa shape index (κ1) is 12.0. The van der Waals surface area contributed by atoms with E-state index in [0.29, 0.717) is 11.2 Å². The second-order valence-electron chi connectivity index (χ2n) is 2.37. The molecule has 2 heterocycles. The van der Waals surface area contributed by atoms with Crippen LogP contribution in [-0.4, -0.2) is 42.9 Å². The summed E-state index contributed by atoms with van der Waals surface area (Å²) in [5.41, 5.74) is 11.6. The van der Waals surface area contributed by atoms with Crippen LogP contribution in [-0.2, 0) is 10.4 Å². The molecule has 5 N–H and O–H groups in total. The molecule has 2 rings (SSSR count). The molecule has 11 nitrogen and oxygen atoms in total. The average Bonchev–Trinajstić information content (AvgIpc) is 2.47. The molecule has 0 atom stereocenters. The predicted octanol–water partition coefficient (Wildman–Crippen LogP) is -2.43. The second-order valence-corrected chi connectivity index (χ2v) is 3.19. The molecule has 0 fully saturated rings. The van der Waals surface area contributed by atoms with Gasteiger partial charge in [-0.2, -0.15) is 20.3 Å². The normalized spacial score (nSPS) is 10.9. The monoisotopic (exact) mass is 247 g/mol. The van der Waals surface area contributed by atoms with Gasteiger partial charge in [-0.1, -0.05) is 0 Å². The zero-order valence-corrected chi connectivity index (χ0v) is 8.30. The highest BCUT2D eigenvalue weighted by Gasteiger charge is 2.05. The minimum Gasteiger partial charge on any atom is -0.759 e. The molecule has 16 heavy (non-hydrogen) atoms. The summed E-state index contributed by atoms with van der Waals surface area (Å²) in [5.74, 6) is 0.338. The maximum atomic E-state index is 8.52. The number of anilines is 2. The standard InChI is InChI=1S/C4H5N7.H2O4S/c5-2-1-3(10-11-9-1)8-4(6)7-2;1-5(2,3)4/h(H5,5,6,7,8,9,10,11);(H2,1,2,3,4)/p-2. The van der Waals surface area contributed by atoms with E-state index in [2.05, 4.69) is 25.4 Å². The van der Waals surface area contributed by atoms with Crippen molar-refractivity contribution in [3.05, 3.63) is 0 Å². The number of H-pyrrole nitrogens is 1. The molecule has 88 valence electrons. The average molecular weight is 247 g/mol. The van der Waals surface area contributed by atoms with E-state index in [1.807, 2.05) is 0 Å². The molecule has 0 amide bonds. The molecular formula is C4H5N7O4S-2. The van der Waals surface area contributed by atoms with Crippen molar-refractivity contribution in [1.29, 1.82) is 0 Å². The molecule has 2 aromatic rings. The fourth-order valence-electron chi connectivity index (χ4n) is 0.785. The SMILES string of the molecule is Nc1nc(N)c2n[nH]nc2n1.O=S(=O)([O-])[O-]. The van der Waals surface area contributed by atoms with Crippen LogP contribution in [0.1, 0.15) is 0 Å². The van der Waals surface area contributed by atoms with Gasteiger partial charge in [-0.25, -0.2) is 0 Å². The van der Waals surface area contributed by atoms with Crippen molar-refractivity contribution in [2.24, 2.45) is 0 Å². The topological polar surface area (TPSA) is 200 Å². The van der Waals surface area contributed by atoms with Gasteiger partial charge in [-0.15, -0.1) is 5.10 Å². The van der Waals surface area contributed by atoms with Gasteiger partial charge in [0.05, 0.1) is 0 Å². The van der Waals surface area contributed by atoms with E-state index in [-0.39, 0.29) is 11.8 Å². The maximum absolute atomic E-state index is 8.52. The molecule has 12 heteroatoms. The Kier molecular flexibility index (Phi) is 3.17. The first-order valence-corrected chi connectivity index (χ1v) is 4.87. The van der Waals surface area contributed by atoms with E-state index in [9.17, 15) is 0 Å². The summed E-state index contributed by atoms with van der Waals surface area (Å²) in [6, 6.07) is 0. The lowest BCUT2D eigenvalue weighted by molar-refractivity contribution is 0.352. The molecular weight excluding hydrogens is 242 g/mol. The minimum atomic E-state index is -5.17. The Bertz CT molecular complexity index is 583. The fraction of sp³-hybridized carbons (Fsp3) is 0. The van der Waals surface area contributed by atoms with Crippen LogP contribution >= 0.6 is 0 Å². The first-order chi connectivity index (χ1) is 7.27. The molecule has 0 aromatic carbocycles. The first-order valence-electron chi connectivity index (χ1n) is 3.53. The zero-order chi connectivity index (χ0) is 12.3. The minimum absolute atomic E-state index is 0.101. The van der Waals surface area contributed by atoms with Crippen molar-refractivity contribution >= 4 is 33.3 Å². The van der Waals surface area contributed by atoms with Gasteiger partial charge in [0.1, 0.15) is 0 Å². The fourth-order valence-corrected chi connectivity index (χ4v) is 0.785. The van der Waals surface area contributed by atoms with Gasteiger partial charge in [-0.3, -0.25) is 8.42 Å². The highest BCUT2D eigenvalue weighted by molar-refractivity contribution is 7.79. The van der Waals surface area contributed by atoms with E-state index in [1.54, 1.807) is 0 Å². The van der Waals surface area contributed by atoms with Crippen LogP contribution in [0.15, 0.2) is 0 Å². The van der Waals surface area contributed by atoms with Crippen LogP contribution in [0.2, 0.25) is 0 Å². The Morgan fingerprint density at radius 1 is 1.12 bits per heavy atom. The van der Waals surface area contributed by atoms with Crippen LogP contribution in [0.5, 0.6) is 0 Å². The third-order valence-corrected chi connectivity index (χ3v) is 1.23. The number of fused-ring (bicyclic) bond motifs is 1. The molecule has 0 radical (unpaired) electrons. The highest BCUT2D eigenvalue weighted by Crippen LogP contribution is 2.11. The molecule has 2 aromatic heterocycles. The number of nitrogen functional groups attached to an aromatic ring is 2. The van der Waals surface area contributed by atoms with Crippen molar-refractivity contribution < 1.29 is 17.5 Å². The number of hydrogen-bond donors (Lipinski definition) is 3. The van der Waals surface area contributed by atoms with Gasteiger partial charge in [0.25, 0.3) is 0 Å². The van der Waals surface area contributed by atoms with Gasteiger partial charge in [0, 0.05) is 10.4 Å². The number of nitrogens with one attached hydrogen (secondary N) is 1. The number of aromatic amines is 1. The maximum Gasteiger partial charge on any atom is 0.224 e. The van der Waals surface area contributed by atoms with E-state index in [4.69, 9.17) is 29.0 Å². The summed E-state index contributed by atoms with van der Waals surface area (Å²) >= 11 is 0. The van der Waals surface area contributed by atoms with Crippen LogP contribution in [0, 0.1) is 0 Å². The molecule has 0 saturated heterocycles. The summed E-state index contributed by atoms with van der Waals surface area (Å²) in [5, 5.41) is 9.78. The Morgan fingerprint density at radius 3 is 2.25 bits per heavy atom. The van der Waals surface area contributed by atoms with Crippen LogP contribution in [0.25, 0.3) is 11.2 Å². The lowest BCUT2D eigenvalue weighted by Crippen LogP contribution is -1.99. The lowest BCUT2D eigenvalue weighted by atomic mass is 10.5.